The van der Waals surface area contributed by atoms with E-state index in [4.69, 9.17) is 19.7 Å². The number of aliphatic hydroxyl groups excluding tert-OH is 1. The van der Waals surface area contributed by atoms with E-state index < -0.39 is 5.97 Å². The topological polar surface area (TPSA) is 143 Å². The van der Waals surface area contributed by atoms with Gasteiger partial charge in [0.05, 0.1) is 13.7 Å². The van der Waals surface area contributed by atoms with Crippen molar-refractivity contribution in [3.63, 3.8) is 0 Å². The van der Waals surface area contributed by atoms with E-state index >= 15 is 0 Å². The Morgan fingerprint density at radius 3 is 2.64 bits per heavy atom. The molecule has 2 aliphatic carbocycles. The molecular weight excluding hydrogens is 475 g/mol. The Morgan fingerprint density at radius 1 is 1.36 bits per heavy atom. The molecule has 1 saturated heterocycles. The van der Waals surface area contributed by atoms with Crippen molar-refractivity contribution in [3.8, 4) is 17.2 Å². The van der Waals surface area contributed by atoms with Crippen LogP contribution in [0.4, 0.5) is 0 Å². The van der Waals surface area contributed by atoms with Gasteiger partial charge in [0.1, 0.15) is 11.9 Å². The molecule has 0 unspecified atom stereocenters. The van der Waals surface area contributed by atoms with Gasteiger partial charge in [-0.2, -0.15) is 0 Å². The molecule has 2 fully saturated rings. The molecule has 0 aromatic heterocycles. The zero-order chi connectivity index (χ0) is 21.6. The quantitative estimate of drug-likeness (QED) is 0.471. The maximum absolute atomic E-state index is 11.1. The van der Waals surface area contributed by atoms with Gasteiger partial charge >= 0.3 is 5.97 Å². The number of piperidine rings is 1. The van der Waals surface area contributed by atoms with Gasteiger partial charge in [-0.3, -0.25) is 4.79 Å². The number of likely N-dealkylation sites (N-methyl/N-ethyl adjacent to an activating group) is 1. The Bertz CT molecular complexity index is 843. The number of phenolic OH excluding ortho intramolecular Hbond substituents is 1. The van der Waals surface area contributed by atoms with Crippen molar-refractivity contribution in [2.24, 2.45) is 5.92 Å². The third-order valence-electron chi connectivity index (χ3n) is 7.42. The number of carboxylic acid groups (broad SMARTS) is 1. The molecule has 6 N–H and O–H groups in total. The van der Waals surface area contributed by atoms with Crippen LogP contribution in [0.1, 0.15) is 37.3 Å². The predicted octanol–water partition coefficient (Wildman–Crippen LogP) is 1.13. The fourth-order valence-electron chi connectivity index (χ4n) is 6.40. The van der Waals surface area contributed by atoms with Gasteiger partial charge in [0.15, 0.2) is 11.5 Å². The van der Waals surface area contributed by atoms with Gasteiger partial charge in [0.25, 0.3) is 0 Å². The SMILES string of the molecule is CCO.COc1cc(O)c2c3c1C[C@@H]1[C@@H]4CC[C@@H](NCC(=O)O)[C@H](O2)[C@]34CCN1C.Cl.Cl.O. The summed E-state index contributed by atoms with van der Waals surface area (Å²) >= 11 is 0. The van der Waals surface area contributed by atoms with Crippen LogP contribution < -0.4 is 14.8 Å². The summed E-state index contributed by atoms with van der Waals surface area (Å²) in [7, 11) is 3.84. The zero-order valence-corrected chi connectivity index (χ0v) is 20.8. The molecule has 2 aliphatic heterocycles. The molecule has 0 amide bonds. The van der Waals surface area contributed by atoms with E-state index in [9.17, 15) is 9.90 Å². The van der Waals surface area contributed by atoms with Crippen LogP contribution in [0.3, 0.4) is 0 Å². The minimum atomic E-state index is -0.861. The summed E-state index contributed by atoms with van der Waals surface area (Å²) in [6.45, 7) is 2.83. The Kier molecular flexibility index (Phi) is 10.1. The molecule has 1 aromatic carbocycles. The number of hydrogen-bond donors (Lipinski definition) is 4. The molecule has 190 valence electrons. The number of aliphatic hydroxyl groups is 1. The predicted molar refractivity (Wildman–Crippen MR) is 129 cm³/mol. The highest BCUT2D eigenvalue weighted by Crippen LogP contribution is 2.65. The number of aliphatic carboxylic acids is 1. The molecule has 2 bridgehead atoms. The highest BCUT2D eigenvalue weighted by atomic mass is 35.5. The third-order valence-corrected chi connectivity index (χ3v) is 7.42. The second-order valence-electron chi connectivity index (χ2n) is 8.74. The highest BCUT2D eigenvalue weighted by molar-refractivity contribution is 5.85. The lowest BCUT2D eigenvalue weighted by Gasteiger charge is -2.59. The number of carbonyl (C=O) groups is 1. The van der Waals surface area contributed by atoms with Crippen LogP contribution in [0, 0.1) is 5.92 Å². The van der Waals surface area contributed by atoms with Crippen LogP contribution >= 0.6 is 24.8 Å². The lowest BCUT2D eigenvalue weighted by Crippen LogP contribution is -2.68. The minimum Gasteiger partial charge on any atom is -0.504 e. The van der Waals surface area contributed by atoms with Crippen LogP contribution in [-0.2, 0) is 16.6 Å². The van der Waals surface area contributed by atoms with E-state index in [1.54, 1.807) is 20.1 Å². The van der Waals surface area contributed by atoms with Gasteiger partial charge in [0.2, 0.25) is 0 Å². The number of nitrogens with zero attached hydrogens (tertiary/aromatic N) is 1. The first-order chi connectivity index (χ1) is 14.4. The van der Waals surface area contributed by atoms with Crippen LogP contribution in [0.2, 0.25) is 0 Å². The summed E-state index contributed by atoms with van der Waals surface area (Å²) in [5, 5.41) is 30.5. The molecule has 9 nitrogen and oxygen atoms in total. The average Bonchev–Trinajstić information content (AvgIpc) is 3.06. The Morgan fingerprint density at radius 2 is 2.03 bits per heavy atom. The normalized spacial score (nSPS) is 30.1. The molecule has 5 atom stereocenters. The van der Waals surface area contributed by atoms with Crippen LogP contribution in [0.15, 0.2) is 6.07 Å². The van der Waals surface area contributed by atoms with Gasteiger partial charge in [-0.1, -0.05) is 0 Å². The second-order valence-corrected chi connectivity index (χ2v) is 8.74. The average molecular weight is 511 g/mol. The smallest absolute Gasteiger partial charge is 0.317 e. The van der Waals surface area contributed by atoms with Crippen LogP contribution in [0.5, 0.6) is 17.2 Å². The largest absolute Gasteiger partial charge is 0.504 e. The van der Waals surface area contributed by atoms with Crippen LogP contribution in [-0.4, -0.2) is 83.7 Å². The molecular formula is C22H36Cl2N2O7. The Balaban J connectivity index is 0.000000863. The van der Waals surface area contributed by atoms with Crippen molar-refractivity contribution in [1.82, 2.24) is 10.2 Å². The number of likely N-dealkylation sites (tertiary alicyclic amines) is 1. The number of carboxylic acids is 1. The van der Waals surface area contributed by atoms with Crippen molar-refractivity contribution < 1.29 is 35.1 Å². The van der Waals surface area contributed by atoms with Gasteiger partial charge in [0, 0.05) is 41.3 Å². The molecule has 1 aromatic rings. The first-order valence-corrected chi connectivity index (χ1v) is 10.7. The van der Waals surface area contributed by atoms with E-state index in [-0.39, 0.29) is 66.8 Å². The molecule has 11 heteroatoms. The van der Waals surface area contributed by atoms with Crippen molar-refractivity contribution in [2.75, 3.05) is 33.9 Å². The van der Waals surface area contributed by atoms with Gasteiger partial charge < -0.3 is 40.5 Å². The van der Waals surface area contributed by atoms with E-state index in [2.05, 4.69) is 17.3 Å². The monoisotopic (exact) mass is 510 g/mol. The van der Waals surface area contributed by atoms with Crippen LogP contribution in [0.25, 0.3) is 0 Å². The number of rotatable bonds is 4. The third kappa shape index (κ3) is 4.47. The number of halogens is 2. The lowest BCUT2D eigenvalue weighted by molar-refractivity contribution is -0.136. The van der Waals surface area contributed by atoms with Gasteiger partial charge in [-0.15, -0.1) is 24.8 Å². The number of nitrogens with one attached hydrogen (secondary N) is 1. The number of ether oxygens (including phenoxy) is 2. The molecule has 1 spiro atoms. The van der Waals surface area contributed by atoms with Gasteiger partial charge in [-0.25, -0.2) is 0 Å². The molecule has 33 heavy (non-hydrogen) atoms. The number of methoxy groups -OCH3 is 1. The van der Waals surface area contributed by atoms with E-state index in [0.29, 0.717) is 17.7 Å². The fourth-order valence-corrected chi connectivity index (χ4v) is 6.40. The van der Waals surface area contributed by atoms with E-state index in [0.717, 1.165) is 49.1 Å². The molecule has 5 rings (SSSR count). The number of hydrogen-bond acceptors (Lipinski definition) is 7. The number of aromatic hydroxyl groups is 1. The number of phenols is 1. The van der Waals surface area contributed by atoms with E-state index in [1.165, 1.54) is 0 Å². The summed E-state index contributed by atoms with van der Waals surface area (Å²) < 4.78 is 12.0. The summed E-state index contributed by atoms with van der Waals surface area (Å²) in [4.78, 5) is 13.6. The van der Waals surface area contributed by atoms with Crippen molar-refractivity contribution in [2.45, 2.75) is 56.2 Å². The Labute approximate surface area is 206 Å². The first kappa shape index (κ1) is 29.5. The summed E-state index contributed by atoms with van der Waals surface area (Å²) in [6.07, 6.45) is 3.61. The maximum atomic E-state index is 11.1. The number of benzene rings is 1. The Hall–Kier alpha value is -1.49. The summed E-state index contributed by atoms with van der Waals surface area (Å²) in [5.74, 6) is 1.04. The standard InChI is InChI=1S/C20H26N2O5.C2H6O.2ClH.H2O/c1-22-6-5-20-11-3-4-12(21-9-16(24)25)19(20)27-18-14(23)8-15(26-2)10(17(18)20)7-13(11)22;1-2-3;;;/h8,11-13,19,21,23H,3-7,9H2,1-2H3,(H,24,25);3H,2H2,1H3;2*1H;1H2/t11-,12+,13+,19-,20-;;;;/m0..../s1. The second kappa shape index (κ2) is 11.3. The molecule has 2 heterocycles. The van der Waals surface area contributed by atoms with Crippen molar-refractivity contribution in [1.29, 1.82) is 0 Å². The van der Waals surface area contributed by atoms with Crippen molar-refractivity contribution in [3.05, 3.63) is 17.2 Å². The maximum Gasteiger partial charge on any atom is 0.317 e. The first-order valence-electron chi connectivity index (χ1n) is 10.7. The fraction of sp³-hybridized carbons (Fsp3) is 0.682. The zero-order valence-electron chi connectivity index (χ0n) is 19.2. The lowest BCUT2D eigenvalue weighted by atomic mass is 9.51. The van der Waals surface area contributed by atoms with Crippen molar-refractivity contribution >= 4 is 30.8 Å². The molecule has 0 radical (unpaired) electrons. The molecule has 1 saturated carbocycles. The highest BCUT2D eigenvalue weighted by Gasteiger charge is 2.65. The minimum absolute atomic E-state index is 0. The summed E-state index contributed by atoms with van der Waals surface area (Å²) in [6, 6.07) is 2.05. The van der Waals surface area contributed by atoms with Gasteiger partial charge in [-0.05, 0) is 52.1 Å². The molecule has 4 aliphatic rings. The summed E-state index contributed by atoms with van der Waals surface area (Å²) in [5.41, 5.74) is 2.10. The van der Waals surface area contributed by atoms with E-state index in [1.807, 2.05) is 0 Å².